The van der Waals surface area contributed by atoms with Crippen LogP contribution in [0.15, 0.2) is 64.5 Å². The van der Waals surface area contributed by atoms with Crippen LogP contribution in [0.3, 0.4) is 0 Å². The van der Waals surface area contributed by atoms with E-state index in [2.05, 4.69) is 51.5 Å². The second kappa shape index (κ2) is 10.9. The molecule has 0 radical (unpaired) electrons. The molecular formula is C24H26N6O. The van der Waals surface area contributed by atoms with Crippen molar-refractivity contribution in [2.24, 2.45) is 5.10 Å². The maximum absolute atomic E-state index is 12.3. The van der Waals surface area contributed by atoms with Crippen LogP contribution in [-0.4, -0.2) is 34.7 Å². The van der Waals surface area contributed by atoms with E-state index in [1.807, 2.05) is 36.4 Å². The first-order valence-corrected chi connectivity index (χ1v) is 10.3. The third kappa shape index (κ3) is 6.11. The highest BCUT2D eigenvalue weighted by Gasteiger charge is 2.12. The van der Waals surface area contributed by atoms with Crippen molar-refractivity contribution in [3.8, 4) is 17.3 Å². The van der Waals surface area contributed by atoms with Crippen molar-refractivity contribution in [2.75, 3.05) is 19.0 Å². The van der Waals surface area contributed by atoms with Crippen molar-refractivity contribution in [1.82, 2.24) is 14.9 Å². The third-order valence-electron chi connectivity index (χ3n) is 4.79. The Balaban J connectivity index is 1.69. The zero-order chi connectivity index (χ0) is 22.1. The van der Waals surface area contributed by atoms with Gasteiger partial charge in [-0.05, 0) is 31.1 Å². The Morgan fingerprint density at radius 1 is 1.19 bits per heavy atom. The minimum absolute atomic E-state index is 0.0276. The quantitative estimate of drug-likeness (QED) is 0.408. The number of hydrogen-bond acceptors (Lipinski definition) is 6. The lowest BCUT2D eigenvalue weighted by molar-refractivity contribution is 0.321. The van der Waals surface area contributed by atoms with E-state index in [1.165, 1.54) is 18.4 Å². The van der Waals surface area contributed by atoms with Crippen molar-refractivity contribution in [3.05, 3.63) is 81.6 Å². The lowest BCUT2D eigenvalue weighted by Crippen LogP contribution is -2.18. The molecule has 0 aliphatic carbocycles. The Hall–Kier alpha value is -3.76. The average Bonchev–Trinajstić information content (AvgIpc) is 2.79. The SMILES string of the molecule is CCCCN(C)Cc1ccc(C=NNc2nc(-c3ccccc3)c(C#N)c(=O)[nH]2)cc1. The smallest absolute Gasteiger partial charge is 0.270 e. The van der Waals surface area contributed by atoms with Crippen LogP contribution in [-0.2, 0) is 6.54 Å². The first-order valence-electron chi connectivity index (χ1n) is 10.3. The molecular weight excluding hydrogens is 388 g/mol. The van der Waals surface area contributed by atoms with Gasteiger partial charge in [-0.3, -0.25) is 9.78 Å². The number of benzene rings is 2. The number of unbranched alkanes of at least 4 members (excludes halogenated alkanes) is 1. The van der Waals surface area contributed by atoms with Gasteiger partial charge in [0.05, 0.1) is 11.9 Å². The molecule has 7 nitrogen and oxygen atoms in total. The number of anilines is 1. The highest BCUT2D eigenvalue weighted by atomic mass is 16.1. The molecule has 0 fully saturated rings. The van der Waals surface area contributed by atoms with Gasteiger partial charge in [0.2, 0.25) is 5.95 Å². The fourth-order valence-electron chi connectivity index (χ4n) is 3.13. The minimum Gasteiger partial charge on any atom is -0.302 e. The Labute approximate surface area is 182 Å². The molecule has 3 aromatic rings. The summed E-state index contributed by atoms with van der Waals surface area (Å²) in [5.74, 6) is 0.174. The van der Waals surface area contributed by atoms with Crippen LogP contribution in [0.25, 0.3) is 11.3 Å². The van der Waals surface area contributed by atoms with E-state index in [1.54, 1.807) is 18.3 Å². The van der Waals surface area contributed by atoms with Gasteiger partial charge < -0.3 is 4.90 Å². The highest BCUT2D eigenvalue weighted by molar-refractivity contribution is 5.80. The zero-order valence-corrected chi connectivity index (χ0v) is 17.8. The molecule has 0 amide bonds. The topological polar surface area (TPSA) is 97.2 Å². The van der Waals surface area contributed by atoms with Gasteiger partial charge in [0.1, 0.15) is 11.6 Å². The minimum atomic E-state index is -0.509. The molecule has 0 aliphatic heterocycles. The van der Waals surface area contributed by atoms with E-state index in [-0.39, 0.29) is 11.5 Å². The molecule has 1 heterocycles. The molecule has 0 aliphatic rings. The molecule has 0 unspecified atom stereocenters. The molecule has 0 bridgehead atoms. The van der Waals surface area contributed by atoms with E-state index in [0.717, 1.165) is 18.7 Å². The maximum Gasteiger partial charge on any atom is 0.270 e. The molecule has 1 aromatic heterocycles. The van der Waals surface area contributed by atoms with Gasteiger partial charge in [0.15, 0.2) is 0 Å². The summed E-state index contributed by atoms with van der Waals surface area (Å²) in [6.07, 6.45) is 4.05. The van der Waals surface area contributed by atoms with Crippen molar-refractivity contribution in [1.29, 1.82) is 5.26 Å². The van der Waals surface area contributed by atoms with Crippen molar-refractivity contribution in [3.63, 3.8) is 0 Å². The van der Waals surface area contributed by atoms with Crippen LogP contribution in [0.1, 0.15) is 36.5 Å². The predicted octanol–water partition coefficient (Wildman–Crippen LogP) is 3.99. The summed E-state index contributed by atoms with van der Waals surface area (Å²) in [4.78, 5) is 21.5. The zero-order valence-electron chi connectivity index (χ0n) is 17.8. The maximum atomic E-state index is 12.3. The van der Waals surface area contributed by atoms with Crippen LogP contribution in [0.4, 0.5) is 5.95 Å². The first-order chi connectivity index (χ1) is 15.1. The van der Waals surface area contributed by atoms with Gasteiger partial charge in [-0.25, -0.2) is 10.4 Å². The molecule has 0 atom stereocenters. The molecule has 0 saturated heterocycles. The van der Waals surface area contributed by atoms with Gasteiger partial charge in [-0.2, -0.15) is 10.4 Å². The summed E-state index contributed by atoms with van der Waals surface area (Å²) >= 11 is 0. The average molecular weight is 415 g/mol. The molecule has 2 N–H and O–H groups in total. The third-order valence-corrected chi connectivity index (χ3v) is 4.79. The van der Waals surface area contributed by atoms with Gasteiger partial charge in [-0.1, -0.05) is 67.9 Å². The number of hydrazone groups is 1. The summed E-state index contributed by atoms with van der Waals surface area (Å²) in [6.45, 7) is 4.19. The number of nitrogens with one attached hydrogen (secondary N) is 2. The lowest BCUT2D eigenvalue weighted by Gasteiger charge is -2.16. The normalized spacial score (nSPS) is 11.0. The van der Waals surface area contributed by atoms with E-state index >= 15 is 0 Å². The Morgan fingerprint density at radius 2 is 1.94 bits per heavy atom. The molecule has 31 heavy (non-hydrogen) atoms. The Morgan fingerprint density at radius 3 is 2.61 bits per heavy atom. The molecule has 2 aromatic carbocycles. The van der Waals surface area contributed by atoms with E-state index in [4.69, 9.17) is 0 Å². The summed E-state index contributed by atoms with van der Waals surface area (Å²) in [6, 6.07) is 19.2. The number of nitrogens with zero attached hydrogens (tertiary/aromatic N) is 4. The summed E-state index contributed by atoms with van der Waals surface area (Å²) < 4.78 is 0. The van der Waals surface area contributed by atoms with Crippen molar-refractivity contribution < 1.29 is 0 Å². The monoisotopic (exact) mass is 414 g/mol. The van der Waals surface area contributed by atoms with Gasteiger partial charge in [0, 0.05) is 12.1 Å². The fourth-order valence-corrected chi connectivity index (χ4v) is 3.13. The number of rotatable bonds is 9. The van der Waals surface area contributed by atoms with E-state index < -0.39 is 5.56 Å². The second-order valence-electron chi connectivity index (χ2n) is 7.32. The largest absolute Gasteiger partial charge is 0.302 e. The molecule has 7 heteroatoms. The molecule has 0 spiro atoms. The lowest BCUT2D eigenvalue weighted by atomic mass is 10.1. The van der Waals surface area contributed by atoms with Crippen molar-refractivity contribution in [2.45, 2.75) is 26.3 Å². The van der Waals surface area contributed by atoms with Crippen LogP contribution in [0.2, 0.25) is 0 Å². The number of aromatic nitrogens is 2. The second-order valence-corrected chi connectivity index (χ2v) is 7.32. The van der Waals surface area contributed by atoms with Gasteiger partial charge in [-0.15, -0.1) is 0 Å². The predicted molar refractivity (Wildman–Crippen MR) is 124 cm³/mol. The Kier molecular flexibility index (Phi) is 7.68. The first kappa shape index (κ1) is 21.9. The van der Waals surface area contributed by atoms with Crippen LogP contribution in [0.5, 0.6) is 0 Å². The molecule has 158 valence electrons. The van der Waals surface area contributed by atoms with Crippen LogP contribution >= 0.6 is 0 Å². The van der Waals surface area contributed by atoms with E-state index in [0.29, 0.717) is 11.3 Å². The molecule has 3 rings (SSSR count). The van der Waals surface area contributed by atoms with Gasteiger partial charge >= 0.3 is 0 Å². The number of H-pyrrole nitrogens is 1. The summed E-state index contributed by atoms with van der Waals surface area (Å²) in [5.41, 5.74) is 5.39. The highest BCUT2D eigenvalue weighted by Crippen LogP contribution is 2.19. The summed E-state index contributed by atoms with van der Waals surface area (Å²) in [7, 11) is 2.13. The Bertz CT molecular complexity index is 1110. The number of nitriles is 1. The van der Waals surface area contributed by atoms with Crippen LogP contribution < -0.4 is 11.0 Å². The van der Waals surface area contributed by atoms with Crippen molar-refractivity contribution >= 4 is 12.2 Å². The fraction of sp³-hybridized carbons (Fsp3) is 0.250. The van der Waals surface area contributed by atoms with E-state index in [9.17, 15) is 10.1 Å². The molecule has 0 saturated carbocycles. The number of aromatic amines is 1. The summed E-state index contributed by atoms with van der Waals surface area (Å²) in [5, 5.41) is 13.5. The van der Waals surface area contributed by atoms with Crippen LogP contribution in [0, 0.1) is 11.3 Å². The van der Waals surface area contributed by atoms with Gasteiger partial charge in [0.25, 0.3) is 5.56 Å². The standard InChI is InChI=1S/C24H26N6O/c1-3-4-14-30(2)17-19-12-10-18(11-13-19)16-26-29-24-27-22(20-8-6-5-7-9-20)21(15-25)23(31)28-24/h5-13,16H,3-4,14,17H2,1-2H3,(H2,27,28,29,31). The number of hydrogen-bond donors (Lipinski definition) is 2.